The SMILES string of the molecule is CCc1nnc(N2CCC(COC)C2)c(C#N)c1CC. The molecule has 1 atom stereocenters. The van der Waals surface area contributed by atoms with E-state index >= 15 is 0 Å². The van der Waals surface area contributed by atoms with Gasteiger partial charge >= 0.3 is 0 Å². The molecule has 1 saturated heterocycles. The molecular weight excluding hydrogens is 252 g/mol. The summed E-state index contributed by atoms with van der Waals surface area (Å²) >= 11 is 0. The minimum Gasteiger partial charge on any atom is -0.384 e. The summed E-state index contributed by atoms with van der Waals surface area (Å²) in [5.74, 6) is 1.27. The van der Waals surface area contributed by atoms with Gasteiger partial charge in [-0.2, -0.15) is 10.4 Å². The van der Waals surface area contributed by atoms with E-state index in [0.29, 0.717) is 11.5 Å². The lowest BCUT2D eigenvalue weighted by atomic mass is 10.0. The second kappa shape index (κ2) is 6.67. The molecule has 1 aromatic heterocycles. The van der Waals surface area contributed by atoms with Gasteiger partial charge in [-0.3, -0.25) is 0 Å². The Labute approximate surface area is 120 Å². The maximum Gasteiger partial charge on any atom is 0.169 e. The third kappa shape index (κ3) is 2.75. The first-order chi connectivity index (χ1) is 9.74. The number of nitriles is 1. The predicted molar refractivity (Wildman–Crippen MR) is 77.7 cm³/mol. The van der Waals surface area contributed by atoms with Crippen LogP contribution >= 0.6 is 0 Å². The molecule has 108 valence electrons. The van der Waals surface area contributed by atoms with Gasteiger partial charge in [0.1, 0.15) is 11.6 Å². The van der Waals surface area contributed by atoms with E-state index in [1.807, 2.05) is 0 Å². The van der Waals surface area contributed by atoms with Gasteiger partial charge in [-0.15, -0.1) is 5.10 Å². The number of nitrogens with zero attached hydrogens (tertiary/aromatic N) is 4. The molecule has 20 heavy (non-hydrogen) atoms. The molecule has 1 aromatic rings. The largest absolute Gasteiger partial charge is 0.384 e. The Morgan fingerprint density at radius 2 is 2.15 bits per heavy atom. The molecule has 0 radical (unpaired) electrons. The lowest BCUT2D eigenvalue weighted by Crippen LogP contribution is -2.24. The van der Waals surface area contributed by atoms with Crippen molar-refractivity contribution in [1.82, 2.24) is 10.2 Å². The lowest BCUT2D eigenvalue weighted by Gasteiger charge is -2.20. The van der Waals surface area contributed by atoms with E-state index in [2.05, 4.69) is 35.0 Å². The van der Waals surface area contributed by atoms with Crippen molar-refractivity contribution in [1.29, 1.82) is 5.26 Å². The van der Waals surface area contributed by atoms with Gasteiger partial charge in [0.25, 0.3) is 0 Å². The molecule has 2 rings (SSSR count). The number of methoxy groups -OCH3 is 1. The van der Waals surface area contributed by atoms with E-state index in [9.17, 15) is 5.26 Å². The Hall–Kier alpha value is -1.67. The summed E-state index contributed by atoms with van der Waals surface area (Å²) in [6.45, 7) is 6.70. The van der Waals surface area contributed by atoms with Crippen molar-refractivity contribution in [2.75, 3.05) is 31.7 Å². The van der Waals surface area contributed by atoms with Crippen LogP contribution in [0.15, 0.2) is 0 Å². The molecule has 0 aliphatic carbocycles. The van der Waals surface area contributed by atoms with Gasteiger partial charge in [0.2, 0.25) is 0 Å². The zero-order chi connectivity index (χ0) is 14.5. The van der Waals surface area contributed by atoms with Crippen LogP contribution in [0.2, 0.25) is 0 Å². The van der Waals surface area contributed by atoms with Gasteiger partial charge in [-0.05, 0) is 24.8 Å². The van der Waals surface area contributed by atoms with Crippen molar-refractivity contribution in [2.24, 2.45) is 5.92 Å². The second-order valence-electron chi connectivity index (χ2n) is 5.20. The molecule has 1 fully saturated rings. The van der Waals surface area contributed by atoms with Crippen LogP contribution in [0.4, 0.5) is 5.82 Å². The van der Waals surface area contributed by atoms with E-state index in [-0.39, 0.29) is 0 Å². The molecule has 1 aliphatic heterocycles. The molecule has 2 heterocycles. The fourth-order valence-corrected chi connectivity index (χ4v) is 2.90. The number of anilines is 1. The standard InChI is InChI=1S/C15H22N4O/c1-4-12-13(8-16)15(18-17-14(12)5-2)19-7-6-11(9-19)10-20-3/h11H,4-7,9-10H2,1-3H3. The van der Waals surface area contributed by atoms with Crippen molar-refractivity contribution in [3.05, 3.63) is 16.8 Å². The fourth-order valence-electron chi connectivity index (χ4n) is 2.90. The smallest absolute Gasteiger partial charge is 0.169 e. The summed E-state index contributed by atoms with van der Waals surface area (Å²) in [5, 5.41) is 18.1. The molecule has 1 unspecified atom stereocenters. The molecule has 0 bridgehead atoms. The average molecular weight is 274 g/mol. The van der Waals surface area contributed by atoms with Crippen LogP contribution in [0.3, 0.4) is 0 Å². The van der Waals surface area contributed by atoms with Crippen molar-refractivity contribution < 1.29 is 4.74 Å². The normalized spacial score (nSPS) is 18.3. The van der Waals surface area contributed by atoms with Crippen molar-refractivity contribution in [3.8, 4) is 6.07 Å². The molecular formula is C15H22N4O. The van der Waals surface area contributed by atoms with E-state index in [1.165, 1.54) is 0 Å². The van der Waals surface area contributed by atoms with Crippen LogP contribution in [-0.4, -0.2) is 37.0 Å². The van der Waals surface area contributed by atoms with Crippen LogP contribution < -0.4 is 4.90 Å². The number of aryl methyl sites for hydroxylation is 1. The summed E-state index contributed by atoms with van der Waals surface area (Å²) in [6.07, 6.45) is 2.72. The predicted octanol–water partition coefficient (Wildman–Crippen LogP) is 1.95. The number of hydrogen-bond acceptors (Lipinski definition) is 5. The summed E-state index contributed by atoms with van der Waals surface area (Å²) in [5.41, 5.74) is 2.70. The first-order valence-electron chi connectivity index (χ1n) is 7.27. The third-order valence-corrected chi connectivity index (χ3v) is 3.93. The molecule has 0 aromatic carbocycles. The second-order valence-corrected chi connectivity index (χ2v) is 5.20. The number of ether oxygens (including phenoxy) is 1. The van der Waals surface area contributed by atoms with E-state index in [1.54, 1.807) is 7.11 Å². The van der Waals surface area contributed by atoms with Gasteiger partial charge in [0.05, 0.1) is 12.3 Å². The Kier molecular flexibility index (Phi) is 4.91. The number of aromatic nitrogens is 2. The van der Waals surface area contributed by atoms with Gasteiger partial charge in [-0.25, -0.2) is 0 Å². The van der Waals surface area contributed by atoms with E-state index in [4.69, 9.17) is 4.74 Å². The van der Waals surface area contributed by atoms with Crippen molar-refractivity contribution >= 4 is 5.82 Å². The Bertz CT molecular complexity index is 509. The highest BCUT2D eigenvalue weighted by Gasteiger charge is 2.27. The first-order valence-corrected chi connectivity index (χ1v) is 7.27. The monoisotopic (exact) mass is 274 g/mol. The van der Waals surface area contributed by atoms with Gasteiger partial charge in [0.15, 0.2) is 5.82 Å². The zero-order valence-corrected chi connectivity index (χ0v) is 12.5. The van der Waals surface area contributed by atoms with E-state index in [0.717, 1.165) is 56.0 Å². The van der Waals surface area contributed by atoms with Crippen LogP contribution in [0, 0.1) is 17.2 Å². The summed E-state index contributed by atoms with van der Waals surface area (Å²) in [4.78, 5) is 2.17. The minimum atomic E-state index is 0.518. The maximum absolute atomic E-state index is 9.51. The van der Waals surface area contributed by atoms with E-state index < -0.39 is 0 Å². The Morgan fingerprint density at radius 1 is 1.35 bits per heavy atom. The summed E-state index contributed by atoms with van der Waals surface area (Å²) < 4.78 is 5.22. The van der Waals surface area contributed by atoms with Crippen LogP contribution in [0.25, 0.3) is 0 Å². The van der Waals surface area contributed by atoms with Crippen molar-refractivity contribution in [2.45, 2.75) is 33.1 Å². The van der Waals surface area contributed by atoms with Gasteiger partial charge < -0.3 is 9.64 Å². The number of rotatable bonds is 5. The minimum absolute atomic E-state index is 0.518. The molecule has 0 spiro atoms. The molecule has 5 nitrogen and oxygen atoms in total. The lowest BCUT2D eigenvalue weighted by molar-refractivity contribution is 0.161. The van der Waals surface area contributed by atoms with Crippen LogP contribution in [0.1, 0.15) is 37.1 Å². The molecule has 0 amide bonds. The zero-order valence-electron chi connectivity index (χ0n) is 12.5. The molecule has 1 aliphatic rings. The quantitative estimate of drug-likeness (QED) is 0.821. The van der Waals surface area contributed by atoms with Gasteiger partial charge in [-0.1, -0.05) is 13.8 Å². The fraction of sp³-hybridized carbons (Fsp3) is 0.667. The summed E-state index contributed by atoms with van der Waals surface area (Å²) in [6, 6.07) is 2.34. The number of hydrogen-bond donors (Lipinski definition) is 0. The Balaban J connectivity index is 2.31. The topological polar surface area (TPSA) is 62.0 Å². The highest BCUT2D eigenvalue weighted by atomic mass is 16.5. The van der Waals surface area contributed by atoms with Crippen molar-refractivity contribution in [3.63, 3.8) is 0 Å². The third-order valence-electron chi connectivity index (χ3n) is 3.93. The van der Waals surface area contributed by atoms with Gasteiger partial charge in [0, 0.05) is 26.1 Å². The maximum atomic E-state index is 9.51. The highest BCUT2D eigenvalue weighted by Crippen LogP contribution is 2.28. The first kappa shape index (κ1) is 14.7. The van der Waals surface area contributed by atoms with Crippen LogP contribution in [-0.2, 0) is 17.6 Å². The summed E-state index contributed by atoms with van der Waals surface area (Å²) in [7, 11) is 1.73. The average Bonchev–Trinajstić information content (AvgIpc) is 2.94. The van der Waals surface area contributed by atoms with Crippen LogP contribution in [0.5, 0.6) is 0 Å². The molecule has 0 saturated carbocycles. The molecule has 5 heteroatoms. The molecule has 0 N–H and O–H groups in total. The Morgan fingerprint density at radius 3 is 2.75 bits per heavy atom. The highest BCUT2D eigenvalue weighted by molar-refractivity contribution is 5.58.